The molecule has 0 aliphatic rings. The molecule has 3 N–H and O–H groups in total. The van der Waals surface area contributed by atoms with E-state index in [1.807, 2.05) is 6.07 Å². The molecule has 0 spiro atoms. The Bertz CT molecular complexity index is 1240. The third kappa shape index (κ3) is 8.63. The molecular formula is C24H25N3O7S. The normalized spacial score (nSPS) is 11.8. The summed E-state index contributed by atoms with van der Waals surface area (Å²) >= 11 is 0. The standard InChI is InChI=1S/C24H25N3O7S/c1-35(31,32)15-13-20(27-24(30)34-16-17-6-3-2-4-7-17)22(28)25-18-9-11-19(12-10-18)26-23(29)21-8-5-14-33-21/h2-12,14,20H,13,15-16H2,1H3,(H,25,28)(H,26,29)(H,27,30). The van der Waals surface area contributed by atoms with Crippen LogP contribution in [0.3, 0.4) is 0 Å². The van der Waals surface area contributed by atoms with Crippen LogP contribution in [-0.4, -0.2) is 44.4 Å². The summed E-state index contributed by atoms with van der Waals surface area (Å²) in [5.74, 6) is -1.19. The molecule has 1 unspecified atom stereocenters. The first-order valence-corrected chi connectivity index (χ1v) is 12.7. The molecule has 3 aromatic rings. The molecule has 0 saturated heterocycles. The largest absolute Gasteiger partial charge is 0.459 e. The number of alkyl carbamates (subject to hydrolysis) is 1. The SMILES string of the molecule is CS(=O)(=O)CCC(NC(=O)OCc1ccccc1)C(=O)Nc1ccc(NC(=O)c2ccco2)cc1. The van der Waals surface area contributed by atoms with Crippen LogP contribution < -0.4 is 16.0 Å². The van der Waals surface area contributed by atoms with Gasteiger partial charge in [-0.15, -0.1) is 0 Å². The molecule has 3 amide bonds. The number of ether oxygens (including phenoxy) is 1. The van der Waals surface area contributed by atoms with Crippen LogP contribution in [0.25, 0.3) is 0 Å². The number of anilines is 2. The van der Waals surface area contributed by atoms with Gasteiger partial charge in [0.15, 0.2) is 5.76 Å². The summed E-state index contributed by atoms with van der Waals surface area (Å²) in [6.45, 7) is -0.00171. The van der Waals surface area contributed by atoms with Crippen molar-refractivity contribution < 1.29 is 32.0 Å². The highest BCUT2D eigenvalue weighted by Crippen LogP contribution is 2.16. The van der Waals surface area contributed by atoms with E-state index in [0.29, 0.717) is 11.4 Å². The van der Waals surface area contributed by atoms with E-state index in [1.165, 1.54) is 12.3 Å². The van der Waals surface area contributed by atoms with Crippen LogP contribution in [-0.2, 0) is 26.0 Å². The number of sulfone groups is 1. The van der Waals surface area contributed by atoms with Crippen LogP contribution in [0, 0.1) is 0 Å². The minimum atomic E-state index is -3.37. The third-order valence-electron chi connectivity index (χ3n) is 4.75. The number of furan rings is 1. The van der Waals surface area contributed by atoms with Crippen molar-refractivity contribution in [2.24, 2.45) is 0 Å². The summed E-state index contributed by atoms with van der Waals surface area (Å²) in [5.41, 5.74) is 1.62. The Morgan fingerprint density at radius 1 is 0.914 bits per heavy atom. The maximum absolute atomic E-state index is 12.8. The Balaban J connectivity index is 1.59. The van der Waals surface area contributed by atoms with Gasteiger partial charge in [-0.2, -0.15) is 0 Å². The summed E-state index contributed by atoms with van der Waals surface area (Å²) in [6.07, 6.45) is 1.45. The summed E-state index contributed by atoms with van der Waals surface area (Å²) in [5, 5.41) is 7.71. The van der Waals surface area contributed by atoms with E-state index in [0.717, 1.165) is 11.8 Å². The van der Waals surface area contributed by atoms with Crippen molar-refractivity contribution in [2.45, 2.75) is 19.1 Å². The molecule has 1 heterocycles. The highest BCUT2D eigenvalue weighted by Gasteiger charge is 2.23. The van der Waals surface area contributed by atoms with Gasteiger partial charge in [0.05, 0.1) is 12.0 Å². The van der Waals surface area contributed by atoms with E-state index in [9.17, 15) is 22.8 Å². The lowest BCUT2D eigenvalue weighted by Gasteiger charge is -2.18. The second kappa shape index (κ2) is 11.8. The number of hydrogen-bond donors (Lipinski definition) is 3. The molecule has 3 rings (SSSR count). The van der Waals surface area contributed by atoms with E-state index in [2.05, 4.69) is 16.0 Å². The Labute approximate surface area is 202 Å². The van der Waals surface area contributed by atoms with Gasteiger partial charge in [-0.3, -0.25) is 9.59 Å². The number of rotatable bonds is 10. The van der Waals surface area contributed by atoms with Gasteiger partial charge in [-0.05, 0) is 48.4 Å². The summed E-state index contributed by atoms with van der Waals surface area (Å²) in [4.78, 5) is 37.1. The van der Waals surface area contributed by atoms with Gasteiger partial charge in [0.25, 0.3) is 5.91 Å². The third-order valence-corrected chi connectivity index (χ3v) is 5.73. The van der Waals surface area contributed by atoms with Gasteiger partial charge in [0, 0.05) is 17.6 Å². The Morgan fingerprint density at radius 2 is 1.57 bits per heavy atom. The molecule has 11 heteroatoms. The van der Waals surface area contributed by atoms with Crippen LogP contribution in [0.5, 0.6) is 0 Å². The zero-order valence-electron chi connectivity index (χ0n) is 18.9. The molecular weight excluding hydrogens is 474 g/mol. The minimum Gasteiger partial charge on any atom is -0.459 e. The lowest BCUT2D eigenvalue weighted by Crippen LogP contribution is -2.45. The number of nitrogens with one attached hydrogen (secondary N) is 3. The van der Waals surface area contributed by atoms with Gasteiger partial charge >= 0.3 is 6.09 Å². The zero-order valence-corrected chi connectivity index (χ0v) is 19.7. The van der Waals surface area contributed by atoms with Crippen LogP contribution in [0.4, 0.5) is 16.2 Å². The average molecular weight is 500 g/mol. The van der Waals surface area contributed by atoms with Crippen molar-refractivity contribution in [1.82, 2.24) is 5.32 Å². The van der Waals surface area contributed by atoms with E-state index in [1.54, 1.807) is 54.6 Å². The molecule has 10 nitrogen and oxygen atoms in total. The number of benzene rings is 2. The van der Waals surface area contributed by atoms with Crippen molar-refractivity contribution in [2.75, 3.05) is 22.6 Å². The summed E-state index contributed by atoms with van der Waals surface area (Å²) < 4.78 is 33.4. The zero-order chi connectivity index (χ0) is 25.3. The van der Waals surface area contributed by atoms with Crippen LogP contribution in [0.2, 0.25) is 0 Å². The van der Waals surface area contributed by atoms with E-state index in [4.69, 9.17) is 9.15 Å². The first-order valence-electron chi connectivity index (χ1n) is 10.6. The molecule has 2 aromatic carbocycles. The quantitative estimate of drug-likeness (QED) is 0.389. The Morgan fingerprint density at radius 3 is 2.17 bits per heavy atom. The molecule has 184 valence electrons. The fourth-order valence-corrected chi connectivity index (χ4v) is 3.64. The molecule has 1 aromatic heterocycles. The molecule has 1 atom stereocenters. The second-order valence-electron chi connectivity index (χ2n) is 7.68. The smallest absolute Gasteiger partial charge is 0.408 e. The fraction of sp³-hybridized carbons (Fsp3) is 0.208. The topological polar surface area (TPSA) is 144 Å². The number of amides is 3. The predicted molar refractivity (Wildman–Crippen MR) is 130 cm³/mol. The number of hydrogen-bond acceptors (Lipinski definition) is 7. The molecule has 0 radical (unpaired) electrons. The molecule has 0 aliphatic heterocycles. The Hall–Kier alpha value is -4.12. The van der Waals surface area contributed by atoms with Crippen molar-refractivity contribution in [3.05, 3.63) is 84.3 Å². The predicted octanol–water partition coefficient (Wildman–Crippen LogP) is 3.20. The molecule has 0 aliphatic carbocycles. The summed E-state index contributed by atoms with van der Waals surface area (Å²) in [6, 6.07) is 17.2. The molecule has 0 bridgehead atoms. The average Bonchev–Trinajstić information content (AvgIpc) is 3.37. The van der Waals surface area contributed by atoms with Crippen molar-refractivity contribution in [3.63, 3.8) is 0 Å². The molecule has 0 fully saturated rings. The maximum atomic E-state index is 12.8. The monoisotopic (exact) mass is 499 g/mol. The lowest BCUT2D eigenvalue weighted by atomic mass is 10.2. The lowest BCUT2D eigenvalue weighted by molar-refractivity contribution is -0.118. The van der Waals surface area contributed by atoms with E-state index >= 15 is 0 Å². The Kier molecular flexibility index (Phi) is 8.63. The maximum Gasteiger partial charge on any atom is 0.408 e. The van der Waals surface area contributed by atoms with Crippen LogP contribution in [0.1, 0.15) is 22.5 Å². The highest BCUT2D eigenvalue weighted by atomic mass is 32.2. The first-order chi connectivity index (χ1) is 16.7. The summed E-state index contributed by atoms with van der Waals surface area (Å²) in [7, 11) is -3.37. The first kappa shape index (κ1) is 25.5. The van der Waals surface area contributed by atoms with Gasteiger partial charge in [0.2, 0.25) is 5.91 Å². The van der Waals surface area contributed by atoms with Crippen LogP contribution >= 0.6 is 0 Å². The molecule has 35 heavy (non-hydrogen) atoms. The van der Waals surface area contributed by atoms with Gasteiger partial charge in [-0.25, -0.2) is 13.2 Å². The van der Waals surface area contributed by atoms with Gasteiger partial charge in [-0.1, -0.05) is 30.3 Å². The van der Waals surface area contributed by atoms with E-state index < -0.39 is 33.8 Å². The highest BCUT2D eigenvalue weighted by molar-refractivity contribution is 7.90. The second-order valence-corrected chi connectivity index (χ2v) is 9.93. The van der Waals surface area contributed by atoms with E-state index in [-0.39, 0.29) is 24.5 Å². The number of carbonyl (C=O) groups excluding carboxylic acids is 3. The number of carbonyl (C=O) groups is 3. The van der Waals surface area contributed by atoms with Crippen molar-refractivity contribution in [1.29, 1.82) is 0 Å². The minimum absolute atomic E-state index is 0.00171. The van der Waals surface area contributed by atoms with Gasteiger partial charge < -0.3 is 25.1 Å². The van der Waals surface area contributed by atoms with Crippen molar-refractivity contribution >= 4 is 39.1 Å². The van der Waals surface area contributed by atoms with Crippen molar-refractivity contribution in [3.8, 4) is 0 Å². The fourth-order valence-electron chi connectivity index (χ4n) is 2.97. The molecule has 0 saturated carbocycles. The van der Waals surface area contributed by atoms with Gasteiger partial charge in [0.1, 0.15) is 22.5 Å². The van der Waals surface area contributed by atoms with Crippen LogP contribution in [0.15, 0.2) is 77.4 Å².